The van der Waals surface area contributed by atoms with Crippen LogP contribution < -0.4 is 5.32 Å². The molecule has 0 fully saturated rings. The summed E-state index contributed by atoms with van der Waals surface area (Å²) < 4.78 is 0. The van der Waals surface area contributed by atoms with Gasteiger partial charge in [0.2, 0.25) is 5.91 Å². The first-order valence-electron chi connectivity index (χ1n) is 5.49. The molecule has 2 N–H and O–H groups in total. The summed E-state index contributed by atoms with van der Waals surface area (Å²) in [5, 5.41) is 15.4. The summed E-state index contributed by atoms with van der Waals surface area (Å²) in [6, 6.07) is 7.26. The van der Waals surface area contributed by atoms with Gasteiger partial charge in [-0.15, -0.1) is 11.3 Å². The van der Waals surface area contributed by atoms with Gasteiger partial charge in [-0.05, 0) is 29.1 Å². The average molecular weight is 280 g/mol. The third-order valence-corrected chi connectivity index (χ3v) is 4.21. The minimum absolute atomic E-state index is 0.0381. The molecule has 1 aromatic carbocycles. The number of anilines is 1. The van der Waals surface area contributed by atoms with E-state index in [2.05, 4.69) is 5.32 Å². The lowest BCUT2D eigenvalue weighted by Crippen LogP contribution is -2.03. The van der Waals surface area contributed by atoms with Gasteiger partial charge in [0.15, 0.2) is 0 Å². The number of fused-ring (bicyclic) bond motifs is 1. The van der Waals surface area contributed by atoms with E-state index in [1.165, 1.54) is 11.3 Å². The Morgan fingerprint density at radius 2 is 2.28 bits per heavy atom. The van der Waals surface area contributed by atoms with E-state index >= 15 is 0 Å². The maximum atomic E-state index is 11.3. The standard InChI is InChI=1S/C13H10ClNO2S/c14-9-6-10-7(5-12(16)15-10)4-8(9)13(17)11-2-1-3-18-11/h1-4,6,13,17H,5H2,(H,15,16). The van der Waals surface area contributed by atoms with Crippen LogP contribution in [-0.2, 0) is 11.2 Å². The first-order valence-corrected chi connectivity index (χ1v) is 6.74. The molecule has 0 aliphatic carbocycles. The second kappa shape index (κ2) is 4.39. The van der Waals surface area contributed by atoms with Crippen LogP contribution in [-0.4, -0.2) is 11.0 Å². The van der Waals surface area contributed by atoms with Crippen molar-refractivity contribution < 1.29 is 9.90 Å². The lowest BCUT2D eigenvalue weighted by Gasteiger charge is -2.12. The van der Waals surface area contributed by atoms with Crippen LogP contribution >= 0.6 is 22.9 Å². The van der Waals surface area contributed by atoms with Gasteiger partial charge in [-0.1, -0.05) is 17.7 Å². The molecule has 92 valence electrons. The lowest BCUT2D eigenvalue weighted by molar-refractivity contribution is -0.115. The number of aliphatic hydroxyl groups excluding tert-OH is 1. The Morgan fingerprint density at radius 3 is 3.00 bits per heavy atom. The Kier molecular flexibility index (Phi) is 2.86. The van der Waals surface area contributed by atoms with Crippen LogP contribution in [0, 0.1) is 0 Å². The summed E-state index contributed by atoms with van der Waals surface area (Å²) in [7, 11) is 0. The summed E-state index contributed by atoms with van der Waals surface area (Å²) in [6.07, 6.45) is -0.394. The largest absolute Gasteiger partial charge is 0.383 e. The summed E-state index contributed by atoms with van der Waals surface area (Å²) in [5.41, 5.74) is 2.27. The van der Waals surface area contributed by atoms with Gasteiger partial charge in [0.25, 0.3) is 0 Å². The molecule has 0 saturated heterocycles. The number of halogens is 1. The van der Waals surface area contributed by atoms with E-state index in [0.29, 0.717) is 17.0 Å². The number of amides is 1. The van der Waals surface area contributed by atoms with Gasteiger partial charge in [0, 0.05) is 21.2 Å². The van der Waals surface area contributed by atoms with E-state index in [9.17, 15) is 9.90 Å². The molecule has 1 amide bonds. The summed E-state index contributed by atoms with van der Waals surface area (Å²) in [6.45, 7) is 0. The Labute approximate surface area is 113 Å². The molecule has 2 aromatic rings. The van der Waals surface area contributed by atoms with Gasteiger partial charge in [-0.2, -0.15) is 0 Å². The van der Waals surface area contributed by atoms with E-state index in [-0.39, 0.29) is 5.91 Å². The highest BCUT2D eigenvalue weighted by Crippen LogP contribution is 2.36. The van der Waals surface area contributed by atoms with Crippen molar-refractivity contribution in [3.63, 3.8) is 0 Å². The summed E-state index contributed by atoms with van der Waals surface area (Å²) in [4.78, 5) is 12.1. The molecule has 5 heteroatoms. The molecular formula is C13H10ClNO2S. The molecule has 3 nitrogen and oxygen atoms in total. The number of carbonyl (C=O) groups excluding carboxylic acids is 1. The number of hydrogen-bond donors (Lipinski definition) is 2. The van der Waals surface area contributed by atoms with Gasteiger partial charge in [-0.25, -0.2) is 0 Å². The minimum atomic E-state index is -0.737. The molecule has 1 aliphatic rings. The zero-order valence-corrected chi connectivity index (χ0v) is 10.9. The molecule has 2 heterocycles. The van der Waals surface area contributed by atoms with E-state index < -0.39 is 6.10 Å². The molecule has 0 spiro atoms. The van der Waals surface area contributed by atoms with Crippen LogP contribution in [0.4, 0.5) is 5.69 Å². The molecular weight excluding hydrogens is 270 g/mol. The fraction of sp³-hybridized carbons (Fsp3) is 0.154. The van der Waals surface area contributed by atoms with Crippen LogP contribution in [0.15, 0.2) is 29.6 Å². The normalized spacial score (nSPS) is 15.3. The number of benzene rings is 1. The van der Waals surface area contributed by atoms with Gasteiger partial charge >= 0.3 is 0 Å². The molecule has 1 unspecified atom stereocenters. The maximum absolute atomic E-state index is 11.3. The third kappa shape index (κ3) is 1.92. The van der Waals surface area contributed by atoms with Crippen molar-refractivity contribution in [3.05, 3.63) is 50.7 Å². The number of thiophene rings is 1. The summed E-state index contributed by atoms with van der Waals surface area (Å²) in [5.74, 6) is -0.0381. The van der Waals surface area contributed by atoms with Crippen molar-refractivity contribution in [2.24, 2.45) is 0 Å². The van der Waals surface area contributed by atoms with Gasteiger partial charge < -0.3 is 10.4 Å². The van der Waals surface area contributed by atoms with E-state index in [1.807, 2.05) is 17.5 Å². The lowest BCUT2D eigenvalue weighted by atomic mass is 10.0. The molecule has 18 heavy (non-hydrogen) atoms. The van der Waals surface area contributed by atoms with E-state index in [1.54, 1.807) is 12.1 Å². The van der Waals surface area contributed by atoms with Crippen molar-refractivity contribution in [2.75, 3.05) is 5.32 Å². The highest BCUT2D eigenvalue weighted by Gasteiger charge is 2.23. The van der Waals surface area contributed by atoms with Gasteiger partial charge in [0.1, 0.15) is 6.10 Å². The molecule has 3 rings (SSSR count). The fourth-order valence-corrected chi connectivity index (χ4v) is 3.07. The Bertz CT molecular complexity index is 610. The van der Waals surface area contributed by atoms with Crippen molar-refractivity contribution in [2.45, 2.75) is 12.5 Å². The smallest absolute Gasteiger partial charge is 0.228 e. The van der Waals surface area contributed by atoms with Gasteiger partial charge in [-0.3, -0.25) is 4.79 Å². The van der Waals surface area contributed by atoms with E-state index in [4.69, 9.17) is 11.6 Å². The number of hydrogen-bond acceptors (Lipinski definition) is 3. The highest BCUT2D eigenvalue weighted by molar-refractivity contribution is 7.10. The van der Waals surface area contributed by atoms with Crippen molar-refractivity contribution in [1.82, 2.24) is 0 Å². The Balaban J connectivity index is 2.03. The van der Waals surface area contributed by atoms with Crippen LogP contribution in [0.25, 0.3) is 0 Å². The number of carbonyl (C=O) groups is 1. The topological polar surface area (TPSA) is 49.3 Å². The molecule has 1 aliphatic heterocycles. The molecule has 1 aromatic heterocycles. The van der Waals surface area contributed by atoms with Crippen LogP contribution in [0.5, 0.6) is 0 Å². The van der Waals surface area contributed by atoms with Crippen molar-refractivity contribution in [3.8, 4) is 0 Å². The predicted molar refractivity (Wildman–Crippen MR) is 72.2 cm³/mol. The second-order valence-electron chi connectivity index (χ2n) is 4.17. The number of nitrogens with one attached hydrogen (secondary N) is 1. The quantitative estimate of drug-likeness (QED) is 0.888. The highest BCUT2D eigenvalue weighted by atomic mass is 35.5. The van der Waals surface area contributed by atoms with Crippen LogP contribution in [0.3, 0.4) is 0 Å². The van der Waals surface area contributed by atoms with Crippen LogP contribution in [0.2, 0.25) is 5.02 Å². The summed E-state index contributed by atoms with van der Waals surface area (Å²) >= 11 is 7.64. The minimum Gasteiger partial charge on any atom is -0.383 e. The monoisotopic (exact) mass is 279 g/mol. The average Bonchev–Trinajstić information content (AvgIpc) is 2.94. The first-order chi connectivity index (χ1) is 8.65. The van der Waals surface area contributed by atoms with Crippen LogP contribution in [0.1, 0.15) is 22.1 Å². The first kappa shape index (κ1) is 11.7. The molecule has 0 saturated carbocycles. The fourth-order valence-electron chi connectivity index (χ4n) is 2.08. The molecule has 0 bridgehead atoms. The number of rotatable bonds is 2. The molecule has 1 atom stereocenters. The molecule has 0 radical (unpaired) electrons. The number of aliphatic hydroxyl groups is 1. The van der Waals surface area contributed by atoms with E-state index in [0.717, 1.165) is 16.1 Å². The maximum Gasteiger partial charge on any atom is 0.228 e. The van der Waals surface area contributed by atoms with Crippen molar-refractivity contribution in [1.29, 1.82) is 0 Å². The zero-order valence-electron chi connectivity index (χ0n) is 9.31. The van der Waals surface area contributed by atoms with Gasteiger partial charge in [0.05, 0.1) is 6.42 Å². The predicted octanol–water partition coefficient (Wildman–Crippen LogP) is 2.98. The Hall–Kier alpha value is -1.36. The Morgan fingerprint density at radius 1 is 1.44 bits per heavy atom. The second-order valence-corrected chi connectivity index (χ2v) is 5.56. The zero-order chi connectivity index (χ0) is 12.7. The third-order valence-electron chi connectivity index (χ3n) is 2.95. The van der Waals surface area contributed by atoms with Crippen molar-refractivity contribution >= 4 is 34.5 Å². The SMILES string of the molecule is O=C1Cc2cc(C(O)c3cccs3)c(Cl)cc2N1.